The second-order valence-corrected chi connectivity index (χ2v) is 3.58. The average Bonchev–Trinajstić information content (AvgIpc) is 2.06. The SMILES string of the molecule is Cl.N[C@@H](c1cc(O)ccc1Br)C(F)(F)F. The molecule has 0 unspecified atom stereocenters. The van der Waals surface area contributed by atoms with Gasteiger partial charge in [0, 0.05) is 4.47 Å². The molecule has 1 atom stereocenters. The van der Waals surface area contributed by atoms with E-state index in [-0.39, 0.29) is 28.2 Å². The van der Waals surface area contributed by atoms with Crippen molar-refractivity contribution in [2.24, 2.45) is 5.73 Å². The van der Waals surface area contributed by atoms with Crippen molar-refractivity contribution in [1.29, 1.82) is 0 Å². The lowest BCUT2D eigenvalue weighted by molar-refractivity contribution is -0.149. The fourth-order valence-electron chi connectivity index (χ4n) is 0.946. The number of alkyl halides is 3. The molecule has 15 heavy (non-hydrogen) atoms. The molecule has 0 bridgehead atoms. The van der Waals surface area contributed by atoms with Crippen LogP contribution in [0.2, 0.25) is 0 Å². The fraction of sp³-hybridized carbons (Fsp3) is 0.250. The maximum Gasteiger partial charge on any atom is 0.407 e. The number of hydrogen-bond acceptors (Lipinski definition) is 2. The van der Waals surface area contributed by atoms with E-state index < -0.39 is 12.2 Å². The molecule has 1 aromatic rings. The molecule has 1 aromatic carbocycles. The number of phenolic OH excluding ortho intramolecular Hbond substituents is 1. The third-order valence-corrected chi connectivity index (χ3v) is 2.39. The maximum absolute atomic E-state index is 12.2. The lowest BCUT2D eigenvalue weighted by Crippen LogP contribution is -2.28. The van der Waals surface area contributed by atoms with Crippen LogP contribution in [0.25, 0.3) is 0 Å². The van der Waals surface area contributed by atoms with Crippen LogP contribution in [-0.4, -0.2) is 11.3 Å². The highest BCUT2D eigenvalue weighted by Crippen LogP contribution is 2.35. The van der Waals surface area contributed by atoms with Crippen molar-refractivity contribution in [3.63, 3.8) is 0 Å². The molecule has 0 fully saturated rings. The maximum atomic E-state index is 12.2. The van der Waals surface area contributed by atoms with Gasteiger partial charge in [-0.15, -0.1) is 12.4 Å². The molecule has 7 heteroatoms. The van der Waals surface area contributed by atoms with E-state index in [9.17, 15) is 13.2 Å². The molecule has 0 amide bonds. The molecule has 0 saturated heterocycles. The molecule has 0 aliphatic carbocycles. The topological polar surface area (TPSA) is 46.2 Å². The van der Waals surface area contributed by atoms with Crippen molar-refractivity contribution < 1.29 is 18.3 Å². The van der Waals surface area contributed by atoms with E-state index in [2.05, 4.69) is 15.9 Å². The van der Waals surface area contributed by atoms with Gasteiger partial charge < -0.3 is 10.8 Å². The van der Waals surface area contributed by atoms with Gasteiger partial charge in [0.05, 0.1) is 0 Å². The zero-order valence-electron chi connectivity index (χ0n) is 7.25. The van der Waals surface area contributed by atoms with Crippen molar-refractivity contribution in [2.45, 2.75) is 12.2 Å². The standard InChI is InChI=1S/C8H7BrF3NO.ClH/c9-6-2-1-4(14)3-5(6)7(13)8(10,11)12;/h1-3,7,14H,13H2;1H/t7-;/m0./s1. The number of halogens is 5. The van der Waals surface area contributed by atoms with Crippen molar-refractivity contribution in [3.8, 4) is 5.75 Å². The Balaban J connectivity index is 0.00000196. The lowest BCUT2D eigenvalue weighted by atomic mass is 10.1. The van der Waals surface area contributed by atoms with E-state index in [4.69, 9.17) is 10.8 Å². The van der Waals surface area contributed by atoms with Crippen molar-refractivity contribution in [2.75, 3.05) is 0 Å². The highest BCUT2D eigenvalue weighted by Gasteiger charge is 2.38. The smallest absolute Gasteiger partial charge is 0.407 e. The van der Waals surface area contributed by atoms with Gasteiger partial charge in [-0.1, -0.05) is 15.9 Å². The Hall–Kier alpha value is -0.460. The third kappa shape index (κ3) is 3.55. The summed E-state index contributed by atoms with van der Waals surface area (Å²) in [5.74, 6) is -0.247. The van der Waals surface area contributed by atoms with Gasteiger partial charge in [-0.25, -0.2) is 0 Å². The van der Waals surface area contributed by atoms with Crippen LogP contribution in [0.1, 0.15) is 11.6 Å². The minimum Gasteiger partial charge on any atom is -0.508 e. The van der Waals surface area contributed by atoms with Crippen LogP contribution in [0.15, 0.2) is 22.7 Å². The van der Waals surface area contributed by atoms with Gasteiger partial charge >= 0.3 is 6.18 Å². The van der Waals surface area contributed by atoms with Crippen molar-refractivity contribution in [1.82, 2.24) is 0 Å². The molecular weight excluding hydrogens is 298 g/mol. The van der Waals surface area contributed by atoms with Gasteiger partial charge in [-0.05, 0) is 23.8 Å². The van der Waals surface area contributed by atoms with E-state index in [0.717, 1.165) is 6.07 Å². The normalized spacial score (nSPS) is 13.1. The second-order valence-electron chi connectivity index (χ2n) is 2.73. The van der Waals surface area contributed by atoms with Crippen LogP contribution in [-0.2, 0) is 0 Å². The Kier molecular flexibility index (Phi) is 4.89. The zero-order chi connectivity index (χ0) is 10.9. The molecule has 2 nitrogen and oxygen atoms in total. The summed E-state index contributed by atoms with van der Waals surface area (Å²) >= 11 is 2.93. The fourth-order valence-corrected chi connectivity index (χ4v) is 1.44. The zero-order valence-corrected chi connectivity index (χ0v) is 9.66. The third-order valence-electron chi connectivity index (χ3n) is 1.67. The summed E-state index contributed by atoms with van der Waals surface area (Å²) in [6.07, 6.45) is -4.52. The summed E-state index contributed by atoms with van der Waals surface area (Å²) in [5.41, 5.74) is 4.79. The molecule has 0 aromatic heterocycles. The van der Waals surface area contributed by atoms with Crippen molar-refractivity contribution in [3.05, 3.63) is 28.2 Å². The quantitative estimate of drug-likeness (QED) is 0.837. The van der Waals surface area contributed by atoms with E-state index >= 15 is 0 Å². The minimum absolute atomic E-state index is 0. The predicted molar refractivity (Wildman–Crippen MR) is 56.0 cm³/mol. The summed E-state index contributed by atoms with van der Waals surface area (Å²) in [7, 11) is 0. The lowest BCUT2D eigenvalue weighted by Gasteiger charge is -2.17. The number of aromatic hydroxyl groups is 1. The Bertz CT molecular complexity index is 345. The van der Waals surface area contributed by atoms with E-state index in [0.29, 0.717) is 0 Å². The van der Waals surface area contributed by atoms with E-state index in [1.54, 1.807) is 0 Å². The van der Waals surface area contributed by atoms with E-state index in [1.165, 1.54) is 12.1 Å². The van der Waals surface area contributed by atoms with Crippen LogP contribution < -0.4 is 5.73 Å². The molecule has 0 saturated carbocycles. The van der Waals surface area contributed by atoms with Gasteiger partial charge in [0.1, 0.15) is 11.8 Å². The molecule has 1 rings (SSSR count). The van der Waals surface area contributed by atoms with Crippen LogP contribution >= 0.6 is 28.3 Å². The average molecular weight is 307 g/mol. The Morgan fingerprint density at radius 2 is 1.87 bits per heavy atom. The first-order valence-corrected chi connectivity index (χ1v) is 4.42. The Labute approximate surface area is 98.8 Å². The first kappa shape index (κ1) is 14.5. The van der Waals surface area contributed by atoms with Crippen LogP contribution in [0, 0.1) is 0 Å². The minimum atomic E-state index is -4.52. The predicted octanol–water partition coefficient (Wildman–Crippen LogP) is 3.14. The Morgan fingerprint density at radius 3 is 2.33 bits per heavy atom. The number of nitrogens with two attached hydrogens (primary N) is 1. The molecule has 0 heterocycles. The molecule has 3 N–H and O–H groups in total. The highest BCUT2D eigenvalue weighted by molar-refractivity contribution is 9.10. The van der Waals surface area contributed by atoms with Gasteiger partial charge in [0.2, 0.25) is 0 Å². The molecule has 0 aliphatic heterocycles. The highest BCUT2D eigenvalue weighted by atomic mass is 79.9. The van der Waals surface area contributed by atoms with Crippen molar-refractivity contribution >= 4 is 28.3 Å². The monoisotopic (exact) mass is 305 g/mol. The van der Waals surface area contributed by atoms with E-state index in [1.807, 2.05) is 0 Å². The first-order chi connectivity index (χ1) is 6.32. The number of benzene rings is 1. The van der Waals surface area contributed by atoms with Gasteiger partial charge in [-0.3, -0.25) is 0 Å². The molecule has 0 aliphatic rings. The number of rotatable bonds is 1. The van der Waals surface area contributed by atoms with Crippen LogP contribution in [0.3, 0.4) is 0 Å². The summed E-state index contributed by atoms with van der Waals surface area (Å²) in [4.78, 5) is 0. The summed E-state index contributed by atoms with van der Waals surface area (Å²) in [5, 5.41) is 9.01. The first-order valence-electron chi connectivity index (χ1n) is 3.63. The van der Waals surface area contributed by atoms with Crippen LogP contribution in [0.4, 0.5) is 13.2 Å². The largest absolute Gasteiger partial charge is 0.508 e. The number of hydrogen-bond donors (Lipinski definition) is 2. The molecule has 0 radical (unpaired) electrons. The molecular formula is C8H8BrClF3NO. The van der Waals surface area contributed by atoms with Gasteiger partial charge in [0.25, 0.3) is 0 Å². The van der Waals surface area contributed by atoms with Gasteiger partial charge in [-0.2, -0.15) is 13.2 Å². The van der Waals surface area contributed by atoms with Gasteiger partial charge in [0.15, 0.2) is 0 Å². The summed E-state index contributed by atoms with van der Waals surface area (Å²) in [6, 6.07) is 1.49. The van der Waals surface area contributed by atoms with Crippen LogP contribution in [0.5, 0.6) is 5.75 Å². The second kappa shape index (κ2) is 5.05. The number of phenols is 1. The molecule has 0 spiro atoms. The Morgan fingerprint density at radius 1 is 1.33 bits per heavy atom. The summed E-state index contributed by atoms with van der Waals surface area (Å²) in [6.45, 7) is 0. The molecule has 86 valence electrons. The summed E-state index contributed by atoms with van der Waals surface area (Å²) < 4.78 is 36.9.